The molecule has 1 N–H and O–H groups in total. The van der Waals surface area contributed by atoms with Gasteiger partial charge in [-0.05, 0) is 44.4 Å². The topological polar surface area (TPSA) is 60.9 Å². The molecule has 1 amide bonds. The zero-order valence-corrected chi connectivity index (χ0v) is 23.1. The van der Waals surface area contributed by atoms with Crippen LogP contribution in [0, 0.1) is 0 Å². The molecule has 3 aliphatic rings. The van der Waals surface area contributed by atoms with Crippen LogP contribution in [0.4, 0.5) is 5.69 Å². The number of rotatable bonds is 6. The quantitative estimate of drug-likeness (QED) is 0.651. The third kappa shape index (κ3) is 5.75. The van der Waals surface area contributed by atoms with Gasteiger partial charge in [0.15, 0.2) is 0 Å². The Hall–Kier alpha value is -2.32. The van der Waals surface area contributed by atoms with Gasteiger partial charge in [-0.2, -0.15) is 0 Å². The van der Waals surface area contributed by atoms with Crippen LogP contribution in [-0.2, 0) is 21.4 Å². The highest BCUT2D eigenvalue weighted by atomic mass is 16.5. The van der Waals surface area contributed by atoms with Crippen molar-refractivity contribution in [1.29, 1.82) is 0 Å². The summed E-state index contributed by atoms with van der Waals surface area (Å²) in [6.07, 6.45) is 2.80. The molecule has 2 aromatic rings. The smallest absolute Gasteiger partial charge is 0.241 e. The number of morpholine rings is 1. The van der Waals surface area contributed by atoms with E-state index in [0.29, 0.717) is 37.3 Å². The first-order valence-electron chi connectivity index (χ1n) is 13.9. The van der Waals surface area contributed by atoms with Gasteiger partial charge in [-0.15, -0.1) is 0 Å². The first kappa shape index (κ1) is 26.3. The summed E-state index contributed by atoms with van der Waals surface area (Å²) in [6, 6.07) is 14.1. The fourth-order valence-corrected chi connectivity index (χ4v) is 6.23. The minimum Gasteiger partial charge on any atom is -0.378 e. The molecular weight excluding hydrogens is 462 g/mol. The Morgan fingerprint density at radius 1 is 1.11 bits per heavy atom. The SMILES string of the molecule is C[C@@H]1CN(CC(=O)N2CC(C)(C)c3ncc(Cc4ccccc4)cc32)[C@@H](CN2[C@H](C)COC[C@H]2C)CN1. The number of nitrogens with one attached hydrogen (secondary N) is 1. The molecule has 1 aromatic carbocycles. The summed E-state index contributed by atoms with van der Waals surface area (Å²) in [7, 11) is 0. The van der Waals surface area contributed by atoms with Gasteiger partial charge >= 0.3 is 0 Å². The van der Waals surface area contributed by atoms with E-state index in [1.54, 1.807) is 0 Å². The fraction of sp³-hybridized carbons (Fsp3) is 0.600. The van der Waals surface area contributed by atoms with Crippen LogP contribution in [0.5, 0.6) is 0 Å². The Morgan fingerprint density at radius 2 is 1.84 bits per heavy atom. The number of piperazine rings is 1. The van der Waals surface area contributed by atoms with Crippen molar-refractivity contribution in [2.45, 2.75) is 70.6 Å². The second kappa shape index (κ2) is 10.8. The van der Waals surface area contributed by atoms with Crippen molar-refractivity contribution in [2.75, 3.05) is 50.8 Å². The number of hydrogen-bond acceptors (Lipinski definition) is 6. The Morgan fingerprint density at radius 3 is 2.57 bits per heavy atom. The number of anilines is 1. The van der Waals surface area contributed by atoms with E-state index < -0.39 is 0 Å². The van der Waals surface area contributed by atoms with Crippen LogP contribution >= 0.6 is 0 Å². The van der Waals surface area contributed by atoms with E-state index in [2.05, 4.69) is 80.1 Å². The highest BCUT2D eigenvalue weighted by Crippen LogP contribution is 2.39. The van der Waals surface area contributed by atoms with E-state index in [-0.39, 0.29) is 11.3 Å². The maximum atomic E-state index is 13.9. The van der Waals surface area contributed by atoms with Crippen LogP contribution in [-0.4, -0.2) is 90.8 Å². The zero-order chi connectivity index (χ0) is 26.2. The van der Waals surface area contributed by atoms with Crippen molar-refractivity contribution >= 4 is 11.6 Å². The van der Waals surface area contributed by atoms with Crippen LogP contribution in [0.1, 0.15) is 51.4 Å². The Kier molecular flexibility index (Phi) is 7.68. The minimum atomic E-state index is -0.162. The van der Waals surface area contributed by atoms with Gasteiger partial charge in [-0.1, -0.05) is 44.2 Å². The lowest BCUT2D eigenvalue weighted by Gasteiger charge is -2.46. The van der Waals surface area contributed by atoms with E-state index in [0.717, 1.165) is 56.2 Å². The number of amides is 1. The molecule has 0 aliphatic carbocycles. The summed E-state index contributed by atoms with van der Waals surface area (Å²) in [5, 5.41) is 3.65. The second-order valence-corrected chi connectivity index (χ2v) is 12.1. The Bertz CT molecular complexity index is 1080. The third-order valence-corrected chi connectivity index (χ3v) is 8.30. The summed E-state index contributed by atoms with van der Waals surface area (Å²) in [4.78, 5) is 25.7. The molecule has 7 heteroatoms. The van der Waals surface area contributed by atoms with Crippen LogP contribution in [0.2, 0.25) is 0 Å². The van der Waals surface area contributed by atoms with Crippen LogP contribution in [0.3, 0.4) is 0 Å². The van der Waals surface area contributed by atoms with Crippen molar-refractivity contribution in [3.63, 3.8) is 0 Å². The van der Waals surface area contributed by atoms with Gasteiger partial charge < -0.3 is 15.0 Å². The summed E-state index contributed by atoms with van der Waals surface area (Å²) in [6.45, 7) is 16.5. The maximum absolute atomic E-state index is 13.9. The highest BCUT2D eigenvalue weighted by molar-refractivity contribution is 5.97. The standard InChI is InChI=1S/C30H43N5O2/c1-21-15-33(26(14-31-21)16-34-22(2)18-37-19-23(34)3)17-28(36)35-20-30(4,5)29-27(35)12-25(13-32-29)11-24-9-7-6-8-10-24/h6-10,12-13,21-23,26,31H,11,14-20H2,1-5H3/t21-,22-,23-,26-/m1/s1. The van der Waals surface area contributed by atoms with E-state index in [1.165, 1.54) is 5.56 Å². The number of aromatic nitrogens is 1. The van der Waals surface area contributed by atoms with Crippen LogP contribution < -0.4 is 10.2 Å². The van der Waals surface area contributed by atoms with Gasteiger partial charge in [0.05, 0.1) is 31.1 Å². The lowest BCUT2D eigenvalue weighted by Crippen LogP contribution is -2.63. The van der Waals surface area contributed by atoms with Crippen molar-refractivity contribution in [1.82, 2.24) is 20.1 Å². The molecule has 0 bridgehead atoms. The molecule has 0 saturated carbocycles. The molecule has 200 valence electrons. The molecule has 4 heterocycles. The number of hydrogen-bond donors (Lipinski definition) is 1. The number of nitrogens with zero attached hydrogens (tertiary/aromatic N) is 4. The molecule has 37 heavy (non-hydrogen) atoms. The van der Waals surface area contributed by atoms with Gasteiger partial charge in [0.1, 0.15) is 0 Å². The average Bonchev–Trinajstić information content (AvgIpc) is 3.13. The van der Waals surface area contributed by atoms with E-state index >= 15 is 0 Å². The molecule has 4 atom stereocenters. The van der Waals surface area contributed by atoms with Gasteiger partial charge in [-0.3, -0.25) is 19.6 Å². The molecule has 0 unspecified atom stereocenters. The van der Waals surface area contributed by atoms with Crippen molar-refractivity contribution in [3.8, 4) is 0 Å². The largest absolute Gasteiger partial charge is 0.378 e. The Balaban J connectivity index is 1.33. The minimum absolute atomic E-state index is 0.162. The summed E-state index contributed by atoms with van der Waals surface area (Å²) in [5.74, 6) is 0.174. The van der Waals surface area contributed by atoms with Crippen LogP contribution in [0.15, 0.2) is 42.6 Å². The number of carbonyl (C=O) groups is 1. The normalized spacial score (nSPS) is 28.3. The number of fused-ring (bicyclic) bond motifs is 1. The first-order valence-corrected chi connectivity index (χ1v) is 13.9. The van der Waals surface area contributed by atoms with Gasteiger partial charge in [0, 0.05) is 62.0 Å². The van der Waals surface area contributed by atoms with E-state index in [9.17, 15) is 4.79 Å². The van der Waals surface area contributed by atoms with Gasteiger partial charge in [-0.25, -0.2) is 0 Å². The van der Waals surface area contributed by atoms with Gasteiger partial charge in [0.2, 0.25) is 5.91 Å². The number of benzene rings is 1. The Labute approximate surface area is 222 Å². The van der Waals surface area contributed by atoms with Gasteiger partial charge in [0.25, 0.3) is 0 Å². The first-order chi connectivity index (χ1) is 17.7. The molecule has 0 radical (unpaired) electrons. The lowest BCUT2D eigenvalue weighted by atomic mass is 9.91. The molecule has 2 saturated heterocycles. The van der Waals surface area contributed by atoms with Crippen molar-refractivity contribution in [3.05, 3.63) is 59.4 Å². The second-order valence-electron chi connectivity index (χ2n) is 12.1. The summed E-state index contributed by atoms with van der Waals surface area (Å²) >= 11 is 0. The fourth-order valence-electron chi connectivity index (χ4n) is 6.23. The zero-order valence-electron chi connectivity index (χ0n) is 23.1. The maximum Gasteiger partial charge on any atom is 0.241 e. The molecule has 1 aromatic heterocycles. The van der Waals surface area contributed by atoms with Crippen molar-refractivity contribution in [2.24, 2.45) is 0 Å². The lowest BCUT2D eigenvalue weighted by molar-refractivity contribution is -0.121. The molecule has 2 fully saturated rings. The predicted molar refractivity (Wildman–Crippen MR) is 148 cm³/mol. The predicted octanol–water partition coefficient (Wildman–Crippen LogP) is 3.07. The number of pyridine rings is 1. The van der Waals surface area contributed by atoms with Crippen molar-refractivity contribution < 1.29 is 9.53 Å². The van der Waals surface area contributed by atoms with E-state index in [4.69, 9.17) is 9.72 Å². The highest BCUT2D eigenvalue weighted by Gasteiger charge is 2.41. The monoisotopic (exact) mass is 505 g/mol. The number of ether oxygens (including phenoxy) is 1. The molecular formula is C30H43N5O2. The summed E-state index contributed by atoms with van der Waals surface area (Å²) in [5.41, 5.74) is 4.25. The van der Waals surface area contributed by atoms with Crippen LogP contribution in [0.25, 0.3) is 0 Å². The average molecular weight is 506 g/mol. The molecule has 5 rings (SSSR count). The molecule has 0 spiro atoms. The summed E-state index contributed by atoms with van der Waals surface area (Å²) < 4.78 is 5.75. The number of carbonyl (C=O) groups excluding carboxylic acids is 1. The third-order valence-electron chi connectivity index (χ3n) is 8.30. The molecule has 7 nitrogen and oxygen atoms in total. The van der Waals surface area contributed by atoms with E-state index in [1.807, 2.05) is 17.2 Å². The molecule has 3 aliphatic heterocycles.